The van der Waals surface area contributed by atoms with Gasteiger partial charge in [-0.25, -0.2) is 0 Å². The Morgan fingerprint density at radius 3 is 2.93 bits per heavy atom. The molecule has 0 aromatic heterocycles. The fourth-order valence-corrected chi connectivity index (χ4v) is 2.02. The Hall–Kier alpha value is -0.870. The van der Waals surface area contributed by atoms with Crippen molar-refractivity contribution in [1.29, 1.82) is 0 Å². The molecule has 4 nitrogen and oxygen atoms in total. The van der Waals surface area contributed by atoms with E-state index in [1.54, 1.807) is 6.92 Å². The van der Waals surface area contributed by atoms with E-state index in [0.717, 1.165) is 6.42 Å². The average Bonchev–Trinajstić information content (AvgIpc) is 2.78. The molecule has 15 heavy (non-hydrogen) atoms. The Morgan fingerprint density at radius 1 is 1.60 bits per heavy atom. The third kappa shape index (κ3) is 2.21. The predicted octanol–water partition coefficient (Wildman–Crippen LogP) is 1.26. The standard InChI is InChI=1S/C11H16O4/c1-3-13-7(2)14-11(12)9-6-8-4-5-10(9)15-8/h4-5,7-10H,3,6H2,1-2H3. The molecule has 2 bridgehead atoms. The zero-order chi connectivity index (χ0) is 10.8. The molecule has 0 amide bonds. The molecule has 4 atom stereocenters. The van der Waals surface area contributed by atoms with Gasteiger partial charge in [0, 0.05) is 6.61 Å². The van der Waals surface area contributed by atoms with Gasteiger partial charge in [-0.1, -0.05) is 12.2 Å². The molecule has 1 saturated heterocycles. The minimum atomic E-state index is -0.467. The molecule has 2 rings (SSSR count). The van der Waals surface area contributed by atoms with E-state index >= 15 is 0 Å². The molecule has 2 aliphatic heterocycles. The first-order valence-electron chi connectivity index (χ1n) is 5.36. The van der Waals surface area contributed by atoms with Gasteiger partial charge >= 0.3 is 5.97 Å². The number of carbonyl (C=O) groups excluding carboxylic acids is 1. The van der Waals surface area contributed by atoms with Crippen LogP contribution in [-0.2, 0) is 19.0 Å². The number of ether oxygens (including phenoxy) is 3. The predicted molar refractivity (Wildman–Crippen MR) is 53.1 cm³/mol. The second-order valence-electron chi connectivity index (χ2n) is 3.83. The molecule has 0 N–H and O–H groups in total. The summed E-state index contributed by atoms with van der Waals surface area (Å²) in [5, 5.41) is 0. The summed E-state index contributed by atoms with van der Waals surface area (Å²) in [4.78, 5) is 11.7. The first-order chi connectivity index (χ1) is 7.20. The first-order valence-corrected chi connectivity index (χ1v) is 5.36. The topological polar surface area (TPSA) is 44.8 Å². The molecular formula is C11H16O4. The largest absolute Gasteiger partial charge is 0.436 e. The van der Waals surface area contributed by atoms with Crippen LogP contribution in [0.25, 0.3) is 0 Å². The normalized spacial score (nSPS) is 34.4. The van der Waals surface area contributed by atoms with Gasteiger partial charge in [0.25, 0.3) is 0 Å². The summed E-state index contributed by atoms with van der Waals surface area (Å²) in [5.41, 5.74) is 0. The lowest BCUT2D eigenvalue weighted by molar-refractivity contribution is -0.179. The van der Waals surface area contributed by atoms with Gasteiger partial charge in [-0.3, -0.25) is 4.79 Å². The summed E-state index contributed by atoms with van der Waals surface area (Å²) in [6, 6.07) is 0. The van der Waals surface area contributed by atoms with E-state index in [1.807, 2.05) is 19.1 Å². The van der Waals surface area contributed by atoms with Gasteiger partial charge in [-0.15, -0.1) is 0 Å². The van der Waals surface area contributed by atoms with Crippen LogP contribution in [0.1, 0.15) is 20.3 Å². The highest BCUT2D eigenvalue weighted by atomic mass is 16.7. The van der Waals surface area contributed by atoms with Crippen LogP contribution in [0.4, 0.5) is 0 Å². The monoisotopic (exact) mass is 212 g/mol. The van der Waals surface area contributed by atoms with Crippen molar-refractivity contribution < 1.29 is 19.0 Å². The highest BCUT2D eigenvalue weighted by Crippen LogP contribution is 2.34. The van der Waals surface area contributed by atoms with E-state index in [0.29, 0.717) is 6.61 Å². The Balaban J connectivity index is 1.84. The highest BCUT2D eigenvalue weighted by Gasteiger charge is 2.42. The Morgan fingerprint density at radius 2 is 2.40 bits per heavy atom. The Labute approximate surface area is 89.2 Å². The molecule has 0 aromatic carbocycles. The number of hydrogen-bond donors (Lipinski definition) is 0. The summed E-state index contributed by atoms with van der Waals surface area (Å²) in [5.74, 6) is -0.365. The van der Waals surface area contributed by atoms with Crippen molar-refractivity contribution in [3.05, 3.63) is 12.2 Å². The van der Waals surface area contributed by atoms with Crippen LogP contribution in [0, 0.1) is 5.92 Å². The number of fused-ring (bicyclic) bond motifs is 2. The van der Waals surface area contributed by atoms with Gasteiger partial charge in [0.15, 0.2) is 6.29 Å². The maximum absolute atomic E-state index is 11.7. The lowest BCUT2D eigenvalue weighted by Crippen LogP contribution is -2.29. The van der Waals surface area contributed by atoms with E-state index in [4.69, 9.17) is 14.2 Å². The van der Waals surface area contributed by atoms with Crippen LogP contribution in [0.2, 0.25) is 0 Å². The first kappa shape index (κ1) is 10.6. The van der Waals surface area contributed by atoms with Crippen molar-refractivity contribution in [3.8, 4) is 0 Å². The number of carbonyl (C=O) groups is 1. The summed E-state index contributed by atoms with van der Waals surface area (Å²) in [7, 11) is 0. The SMILES string of the molecule is CCOC(C)OC(=O)C1CC2C=CC1O2. The average molecular weight is 212 g/mol. The van der Waals surface area contributed by atoms with E-state index in [1.165, 1.54) is 0 Å². The molecule has 0 aromatic rings. The van der Waals surface area contributed by atoms with Crippen LogP contribution in [0.5, 0.6) is 0 Å². The van der Waals surface area contributed by atoms with Gasteiger partial charge in [-0.05, 0) is 20.3 Å². The van der Waals surface area contributed by atoms with Crippen LogP contribution in [-0.4, -0.2) is 31.1 Å². The summed E-state index contributed by atoms with van der Waals surface area (Å²) >= 11 is 0. The lowest BCUT2D eigenvalue weighted by atomic mass is 9.95. The van der Waals surface area contributed by atoms with Crippen molar-refractivity contribution >= 4 is 5.97 Å². The van der Waals surface area contributed by atoms with Gasteiger partial charge < -0.3 is 14.2 Å². The summed E-state index contributed by atoms with van der Waals surface area (Å²) in [6.07, 6.45) is 4.22. The summed E-state index contributed by atoms with van der Waals surface area (Å²) < 4.78 is 15.8. The second kappa shape index (κ2) is 4.33. The minimum absolute atomic E-state index is 0.0867. The second-order valence-corrected chi connectivity index (χ2v) is 3.83. The minimum Gasteiger partial charge on any atom is -0.436 e. The van der Waals surface area contributed by atoms with Crippen LogP contribution < -0.4 is 0 Å². The zero-order valence-electron chi connectivity index (χ0n) is 9.01. The molecular weight excluding hydrogens is 196 g/mol. The van der Waals surface area contributed by atoms with Crippen molar-refractivity contribution in [2.45, 2.75) is 38.8 Å². The molecule has 1 fully saturated rings. The van der Waals surface area contributed by atoms with Crippen LogP contribution in [0.15, 0.2) is 12.2 Å². The lowest BCUT2D eigenvalue weighted by Gasteiger charge is -2.18. The van der Waals surface area contributed by atoms with Crippen LogP contribution >= 0.6 is 0 Å². The fraction of sp³-hybridized carbons (Fsp3) is 0.727. The van der Waals surface area contributed by atoms with Gasteiger partial charge in [0.05, 0.1) is 18.1 Å². The molecule has 0 saturated carbocycles. The van der Waals surface area contributed by atoms with Gasteiger partial charge in [0.2, 0.25) is 0 Å². The summed E-state index contributed by atoms with van der Waals surface area (Å²) in [6.45, 7) is 4.14. The number of rotatable bonds is 4. The molecule has 2 heterocycles. The smallest absolute Gasteiger partial charge is 0.314 e. The Kier molecular flexibility index (Phi) is 3.07. The Bertz CT molecular complexity index is 274. The molecule has 2 aliphatic rings. The van der Waals surface area contributed by atoms with Crippen LogP contribution in [0.3, 0.4) is 0 Å². The molecule has 4 unspecified atom stereocenters. The maximum Gasteiger partial charge on any atom is 0.314 e. The molecule has 4 heteroatoms. The fourth-order valence-electron chi connectivity index (χ4n) is 2.02. The van der Waals surface area contributed by atoms with Gasteiger partial charge in [-0.2, -0.15) is 0 Å². The van der Waals surface area contributed by atoms with Crippen molar-refractivity contribution in [2.75, 3.05) is 6.61 Å². The van der Waals surface area contributed by atoms with Gasteiger partial charge in [0.1, 0.15) is 0 Å². The van der Waals surface area contributed by atoms with Crippen molar-refractivity contribution in [1.82, 2.24) is 0 Å². The molecule has 84 valence electrons. The zero-order valence-corrected chi connectivity index (χ0v) is 9.01. The van der Waals surface area contributed by atoms with E-state index in [9.17, 15) is 4.79 Å². The molecule has 0 radical (unpaired) electrons. The van der Waals surface area contributed by atoms with E-state index in [-0.39, 0.29) is 24.1 Å². The molecule has 0 aliphatic carbocycles. The maximum atomic E-state index is 11.7. The van der Waals surface area contributed by atoms with E-state index < -0.39 is 6.29 Å². The third-order valence-electron chi connectivity index (χ3n) is 2.72. The van der Waals surface area contributed by atoms with Crippen molar-refractivity contribution in [2.24, 2.45) is 5.92 Å². The highest BCUT2D eigenvalue weighted by molar-refractivity contribution is 5.74. The number of hydrogen-bond acceptors (Lipinski definition) is 4. The van der Waals surface area contributed by atoms with E-state index in [2.05, 4.69) is 0 Å². The number of esters is 1. The van der Waals surface area contributed by atoms with Crippen molar-refractivity contribution in [3.63, 3.8) is 0 Å². The third-order valence-corrected chi connectivity index (χ3v) is 2.72. The quantitative estimate of drug-likeness (QED) is 0.400. The molecule has 0 spiro atoms.